The van der Waals surface area contributed by atoms with Crippen molar-refractivity contribution < 1.29 is 18.9 Å². The molecule has 7 heteroatoms. The van der Waals surface area contributed by atoms with Crippen molar-refractivity contribution in [1.82, 2.24) is 10.6 Å². The molecular weight excluding hydrogens is 415 g/mol. The van der Waals surface area contributed by atoms with Gasteiger partial charge in [-0.25, -0.2) is 0 Å². The van der Waals surface area contributed by atoms with Gasteiger partial charge in [0.05, 0.1) is 17.6 Å². The fraction of sp³-hybridized carbons (Fsp3) is 0.692. The van der Waals surface area contributed by atoms with E-state index in [1.807, 2.05) is 30.3 Å². The first-order valence-electron chi connectivity index (χ1n) is 12.6. The molecule has 1 unspecified atom stereocenters. The van der Waals surface area contributed by atoms with Crippen molar-refractivity contribution in [2.45, 2.75) is 96.8 Å². The highest BCUT2D eigenvalue weighted by Gasteiger charge is 2.68. The van der Waals surface area contributed by atoms with Gasteiger partial charge >= 0.3 is 7.12 Å². The fourth-order valence-corrected chi connectivity index (χ4v) is 6.36. The van der Waals surface area contributed by atoms with Gasteiger partial charge in [0.1, 0.15) is 6.04 Å². The van der Waals surface area contributed by atoms with E-state index in [1.54, 1.807) is 0 Å². The van der Waals surface area contributed by atoms with Crippen LogP contribution in [0.3, 0.4) is 0 Å². The zero-order valence-electron chi connectivity index (χ0n) is 20.7. The summed E-state index contributed by atoms with van der Waals surface area (Å²) >= 11 is 0. The van der Waals surface area contributed by atoms with Gasteiger partial charge in [0.15, 0.2) is 0 Å². The zero-order chi connectivity index (χ0) is 23.8. The fourth-order valence-electron chi connectivity index (χ4n) is 6.36. The number of nitrogens with one attached hydrogen (secondary N) is 2. The minimum Gasteiger partial charge on any atom is -0.404 e. The first kappa shape index (κ1) is 24.3. The van der Waals surface area contributed by atoms with Crippen molar-refractivity contribution in [1.29, 1.82) is 0 Å². The maximum atomic E-state index is 13.3. The van der Waals surface area contributed by atoms with Crippen LogP contribution in [0.1, 0.15) is 72.3 Å². The van der Waals surface area contributed by atoms with Crippen LogP contribution in [0.25, 0.3) is 0 Å². The van der Waals surface area contributed by atoms with Gasteiger partial charge in [0.2, 0.25) is 11.8 Å². The highest BCUT2D eigenvalue weighted by Crippen LogP contribution is 2.65. The van der Waals surface area contributed by atoms with Crippen molar-refractivity contribution in [3.05, 3.63) is 35.9 Å². The molecule has 4 fully saturated rings. The van der Waals surface area contributed by atoms with E-state index in [4.69, 9.17) is 9.31 Å². The summed E-state index contributed by atoms with van der Waals surface area (Å²) in [5, 5.41) is 6.02. The number of hydrogen-bond acceptors (Lipinski definition) is 4. The lowest BCUT2D eigenvalue weighted by Crippen LogP contribution is -2.65. The van der Waals surface area contributed by atoms with E-state index in [9.17, 15) is 9.59 Å². The van der Waals surface area contributed by atoms with Crippen LogP contribution in [0.2, 0.25) is 0 Å². The van der Waals surface area contributed by atoms with Crippen LogP contribution >= 0.6 is 0 Å². The molecule has 0 spiro atoms. The van der Waals surface area contributed by atoms with Crippen LogP contribution in [0.4, 0.5) is 0 Å². The van der Waals surface area contributed by atoms with Gasteiger partial charge in [-0.3, -0.25) is 9.59 Å². The van der Waals surface area contributed by atoms with E-state index < -0.39 is 13.2 Å². The Morgan fingerprint density at radius 3 is 2.52 bits per heavy atom. The van der Waals surface area contributed by atoms with E-state index in [1.165, 1.54) is 13.3 Å². The summed E-state index contributed by atoms with van der Waals surface area (Å²) in [6.45, 7) is 10.5. The lowest BCUT2D eigenvalue weighted by Gasteiger charge is -2.64. The van der Waals surface area contributed by atoms with Crippen molar-refractivity contribution in [2.75, 3.05) is 0 Å². The predicted molar refractivity (Wildman–Crippen MR) is 129 cm³/mol. The molecule has 6 atom stereocenters. The van der Waals surface area contributed by atoms with Gasteiger partial charge in [-0.1, -0.05) is 63.9 Å². The molecule has 1 heterocycles. The molecule has 5 rings (SSSR count). The van der Waals surface area contributed by atoms with E-state index in [2.05, 4.69) is 38.3 Å². The molecule has 1 aromatic rings. The minimum absolute atomic E-state index is 0.0794. The monoisotopic (exact) mass is 454 g/mol. The van der Waals surface area contributed by atoms with Gasteiger partial charge in [0.25, 0.3) is 0 Å². The number of carbonyl (C=O) groups excluding carboxylic acids is 2. The molecule has 1 aromatic carbocycles. The molecule has 2 N–H and O–H groups in total. The molecule has 2 bridgehead atoms. The quantitative estimate of drug-likeness (QED) is 0.559. The normalized spacial score (nSPS) is 31.2. The van der Waals surface area contributed by atoms with E-state index in [0.717, 1.165) is 31.2 Å². The van der Waals surface area contributed by atoms with E-state index in [-0.39, 0.29) is 34.9 Å². The number of hydrogen-bond donors (Lipinski definition) is 2. The predicted octanol–water partition coefficient (Wildman–Crippen LogP) is 3.68. The van der Waals surface area contributed by atoms with Gasteiger partial charge in [-0.2, -0.15) is 0 Å². The SMILES string of the molecule is CCCC[C@H](NC(=O)[C@H](Cc1ccccc1)NC(C)=O)B1OC2C[C@@H]3C[C@@H](C3(C)C)[C@]2(C)O1. The average molecular weight is 454 g/mol. The smallest absolute Gasteiger partial charge is 0.404 e. The molecule has 3 saturated carbocycles. The third-order valence-corrected chi connectivity index (χ3v) is 8.47. The second kappa shape index (κ2) is 9.42. The summed E-state index contributed by atoms with van der Waals surface area (Å²) in [4.78, 5) is 25.2. The minimum atomic E-state index is -0.639. The summed E-state index contributed by atoms with van der Waals surface area (Å²) < 4.78 is 13.1. The molecular formula is C26H39BN2O4. The van der Waals surface area contributed by atoms with Crippen molar-refractivity contribution in [3.8, 4) is 0 Å². The highest BCUT2D eigenvalue weighted by atomic mass is 16.7. The van der Waals surface area contributed by atoms with Crippen LogP contribution in [0.5, 0.6) is 0 Å². The first-order chi connectivity index (χ1) is 15.6. The topological polar surface area (TPSA) is 76.7 Å². The Hall–Kier alpha value is -1.86. The Labute approximate surface area is 198 Å². The second-order valence-electron chi connectivity index (χ2n) is 11.0. The molecule has 33 heavy (non-hydrogen) atoms. The largest absolute Gasteiger partial charge is 0.481 e. The Balaban J connectivity index is 1.48. The van der Waals surface area contributed by atoms with Crippen LogP contribution < -0.4 is 10.6 Å². The molecule has 2 amide bonds. The van der Waals surface area contributed by atoms with Crippen LogP contribution in [0.15, 0.2) is 30.3 Å². The maximum Gasteiger partial charge on any atom is 0.481 e. The molecule has 6 nitrogen and oxygen atoms in total. The van der Waals surface area contributed by atoms with Gasteiger partial charge in [-0.05, 0) is 49.0 Å². The Morgan fingerprint density at radius 2 is 1.88 bits per heavy atom. The molecule has 1 saturated heterocycles. The number of unbranched alkanes of at least 4 members (excludes halogenated alkanes) is 1. The Morgan fingerprint density at radius 1 is 1.15 bits per heavy atom. The van der Waals surface area contributed by atoms with Crippen molar-refractivity contribution in [3.63, 3.8) is 0 Å². The lowest BCUT2D eigenvalue weighted by atomic mass is 9.43. The Bertz CT molecular complexity index is 863. The Kier molecular flexibility index (Phi) is 6.93. The molecule has 0 radical (unpaired) electrons. The summed E-state index contributed by atoms with van der Waals surface area (Å²) in [7, 11) is -0.458. The van der Waals surface area contributed by atoms with Crippen molar-refractivity contribution >= 4 is 18.9 Å². The van der Waals surface area contributed by atoms with Crippen molar-refractivity contribution in [2.24, 2.45) is 17.3 Å². The molecule has 180 valence electrons. The number of benzene rings is 1. The maximum absolute atomic E-state index is 13.3. The van der Waals surface area contributed by atoms with E-state index in [0.29, 0.717) is 18.3 Å². The zero-order valence-corrected chi connectivity index (χ0v) is 20.7. The standard InChI is InChI=1S/C26H39BN2O4/c1-6-7-13-23(27-32-22-16-19-15-21(25(19,3)4)26(22,5)33-27)29-24(31)20(28-17(2)30)14-18-11-9-8-10-12-18/h8-12,19-23H,6-7,13-16H2,1-5H3,(H,28,30)(H,29,31)/t19-,20-,21-,22?,23-,26-/m0/s1. The molecule has 0 aromatic heterocycles. The number of carbonyl (C=O) groups is 2. The average Bonchev–Trinajstić information content (AvgIpc) is 3.13. The number of amides is 2. The van der Waals surface area contributed by atoms with E-state index >= 15 is 0 Å². The molecule has 1 aliphatic heterocycles. The summed E-state index contributed by atoms with van der Waals surface area (Å²) in [5.41, 5.74) is 0.974. The van der Waals surface area contributed by atoms with Gasteiger partial charge < -0.3 is 19.9 Å². The first-order valence-corrected chi connectivity index (χ1v) is 12.6. The van der Waals surface area contributed by atoms with Gasteiger partial charge in [-0.15, -0.1) is 0 Å². The highest BCUT2D eigenvalue weighted by molar-refractivity contribution is 6.47. The third-order valence-electron chi connectivity index (χ3n) is 8.47. The lowest BCUT2D eigenvalue weighted by molar-refractivity contribution is -0.199. The van der Waals surface area contributed by atoms with Crippen LogP contribution in [-0.4, -0.2) is 42.6 Å². The van der Waals surface area contributed by atoms with Crippen LogP contribution in [-0.2, 0) is 25.3 Å². The third kappa shape index (κ3) is 4.72. The summed E-state index contributed by atoms with van der Waals surface area (Å²) in [6.07, 6.45) is 5.52. The second-order valence-corrected chi connectivity index (χ2v) is 11.0. The molecule has 3 aliphatic carbocycles. The summed E-state index contributed by atoms with van der Waals surface area (Å²) in [5.74, 6) is 0.512. The molecule has 4 aliphatic rings. The summed E-state index contributed by atoms with van der Waals surface area (Å²) in [6, 6.07) is 9.13. The van der Waals surface area contributed by atoms with Crippen LogP contribution in [0, 0.1) is 17.3 Å². The van der Waals surface area contributed by atoms with Gasteiger partial charge in [0, 0.05) is 13.3 Å². The number of rotatable bonds is 9.